The topological polar surface area (TPSA) is 50.4 Å². The van der Waals surface area contributed by atoms with Crippen molar-refractivity contribution in [2.24, 2.45) is 0 Å². The van der Waals surface area contributed by atoms with Crippen molar-refractivity contribution in [3.8, 4) is 5.75 Å². The van der Waals surface area contributed by atoms with Crippen molar-refractivity contribution in [1.82, 2.24) is 0 Å². The maximum atomic E-state index is 11.1. The molecule has 0 aromatic heterocycles. The molecule has 0 atom stereocenters. The van der Waals surface area contributed by atoms with Crippen molar-refractivity contribution < 1.29 is 9.53 Å². The van der Waals surface area contributed by atoms with E-state index in [1.54, 1.807) is 0 Å². The van der Waals surface area contributed by atoms with Crippen LogP contribution in [0.3, 0.4) is 0 Å². The Kier molecular flexibility index (Phi) is 5.42. The van der Waals surface area contributed by atoms with E-state index >= 15 is 0 Å². The molecule has 1 amide bonds. The zero-order valence-electron chi connectivity index (χ0n) is 13.2. The van der Waals surface area contributed by atoms with Crippen LogP contribution >= 0.6 is 0 Å². The fourth-order valence-electron chi connectivity index (χ4n) is 2.13. The molecule has 2 rings (SSSR count). The predicted molar refractivity (Wildman–Crippen MR) is 90.3 cm³/mol. The molecule has 4 heteroatoms. The lowest BCUT2D eigenvalue weighted by molar-refractivity contribution is -0.114. The average molecular weight is 298 g/mol. The molecule has 116 valence electrons. The molecule has 0 saturated heterocycles. The maximum absolute atomic E-state index is 11.1. The summed E-state index contributed by atoms with van der Waals surface area (Å²) in [4.78, 5) is 11.1. The Morgan fingerprint density at radius 2 is 1.82 bits per heavy atom. The van der Waals surface area contributed by atoms with E-state index in [0.717, 1.165) is 22.7 Å². The highest BCUT2D eigenvalue weighted by Crippen LogP contribution is 2.22. The van der Waals surface area contributed by atoms with E-state index in [2.05, 4.69) is 10.6 Å². The second-order valence-corrected chi connectivity index (χ2v) is 5.39. The zero-order valence-corrected chi connectivity index (χ0v) is 13.2. The maximum Gasteiger partial charge on any atom is 0.221 e. The minimum absolute atomic E-state index is 0.0761. The molecule has 22 heavy (non-hydrogen) atoms. The van der Waals surface area contributed by atoms with Gasteiger partial charge in [-0.3, -0.25) is 4.79 Å². The van der Waals surface area contributed by atoms with Gasteiger partial charge in [0.2, 0.25) is 5.91 Å². The molecule has 0 heterocycles. The van der Waals surface area contributed by atoms with Gasteiger partial charge >= 0.3 is 0 Å². The van der Waals surface area contributed by atoms with Gasteiger partial charge in [0.15, 0.2) is 0 Å². The van der Waals surface area contributed by atoms with Gasteiger partial charge in [0.1, 0.15) is 5.75 Å². The molecule has 0 bridgehead atoms. The van der Waals surface area contributed by atoms with Crippen LogP contribution < -0.4 is 15.4 Å². The van der Waals surface area contributed by atoms with Crippen LogP contribution in [0, 0.1) is 0 Å². The first-order valence-corrected chi connectivity index (χ1v) is 7.40. The first-order chi connectivity index (χ1) is 10.5. The summed E-state index contributed by atoms with van der Waals surface area (Å²) in [5.74, 6) is 0.816. The number of carbonyl (C=O) groups is 1. The normalized spacial score (nSPS) is 10.4. The Labute approximate surface area is 131 Å². The summed E-state index contributed by atoms with van der Waals surface area (Å²) < 4.78 is 5.81. The zero-order chi connectivity index (χ0) is 15.9. The highest BCUT2D eigenvalue weighted by Gasteiger charge is 2.05. The van der Waals surface area contributed by atoms with Crippen molar-refractivity contribution >= 4 is 17.3 Å². The van der Waals surface area contributed by atoms with Gasteiger partial charge in [0.05, 0.1) is 6.10 Å². The number of hydrogen-bond donors (Lipinski definition) is 2. The average Bonchev–Trinajstić information content (AvgIpc) is 2.45. The predicted octanol–water partition coefficient (Wildman–Crippen LogP) is 4.04. The number of hydrogen-bond acceptors (Lipinski definition) is 3. The third-order valence-electron chi connectivity index (χ3n) is 3.00. The molecule has 0 radical (unpaired) electrons. The molecule has 0 aliphatic carbocycles. The van der Waals surface area contributed by atoms with E-state index in [4.69, 9.17) is 4.74 Å². The first kappa shape index (κ1) is 15.9. The number of carbonyl (C=O) groups excluding carboxylic acids is 1. The van der Waals surface area contributed by atoms with Crippen LogP contribution in [0.1, 0.15) is 26.3 Å². The molecule has 0 spiro atoms. The molecule has 0 saturated carbocycles. The smallest absolute Gasteiger partial charge is 0.221 e. The molecule has 0 unspecified atom stereocenters. The summed E-state index contributed by atoms with van der Waals surface area (Å²) >= 11 is 0. The Morgan fingerprint density at radius 3 is 2.55 bits per heavy atom. The van der Waals surface area contributed by atoms with Crippen molar-refractivity contribution in [2.75, 3.05) is 10.6 Å². The van der Waals surface area contributed by atoms with Crippen molar-refractivity contribution in [3.05, 3.63) is 54.1 Å². The summed E-state index contributed by atoms with van der Waals surface area (Å²) in [7, 11) is 0. The van der Waals surface area contributed by atoms with Crippen molar-refractivity contribution in [2.45, 2.75) is 33.4 Å². The number of anilines is 2. The molecular weight excluding hydrogens is 276 g/mol. The highest BCUT2D eigenvalue weighted by molar-refractivity contribution is 5.89. The molecule has 2 aromatic carbocycles. The van der Waals surface area contributed by atoms with E-state index in [0.29, 0.717) is 6.54 Å². The van der Waals surface area contributed by atoms with Crippen LogP contribution in [-0.4, -0.2) is 12.0 Å². The molecule has 0 fully saturated rings. The monoisotopic (exact) mass is 298 g/mol. The number of nitrogens with one attached hydrogen (secondary N) is 2. The summed E-state index contributed by atoms with van der Waals surface area (Å²) in [5, 5.41) is 6.13. The summed E-state index contributed by atoms with van der Waals surface area (Å²) in [6.45, 7) is 6.19. The van der Waals surface area contributed by atoms with Gasteiger partial charge in [-0.15, -0.1) is 0 Å². The van der Waals surface area contributed by atoms with E-state index in [-0.39, 0.29) is 12.0 Å². The molecular formula is C18H22N2O2. The van der Waals surface area contributed by atoms with Gasteiger partial charge in [0.25, 0.3) is 0 Å². The SMILES string of the molecule is CC(=O)Nc1cccc(NCc2ccccc2OC(C)C)c1. The van der Waals surface area contributed by atoms with Gasteiger partial charge in [0, 0.05) is 30.4 Å². The third kappa shape index (κ3) is 4.81. The summed E-state index contributed by atoms with van der Waals surface area (Å²) in [5.41, 5.74) is 2.83. The van der Waals surface area contributed by atoms with Gasteiger partial charge in [-0.1, -0.05) is 24.3 Å². The molecule has 0 aliphatic heterocycles. The van der Waals surface area contributed by atoms with Gasteiger partial charge < -0.3 is 15.4 Å². The van der Waals surface area contributed by atoms with E-state index in [1.807, 2.05) is 62.4 Å². The minimum Gasteiger partial charge on any atom is -0.491 e. The first-order valence-electron chi connectivity index (χ1n) is 7.40. The van der Waals surface area contributed by atoms with Crippen LogP contribution in [0.2, 0.25) is 0 Å². The molecule has 2 aromatic rings. The lowest BCUT2D eigenvalue weighted by Crippen LogP contribution is -2.09. The Morgan fingerprint density at radius 1 is 1.09 bits per heavy atom. The van der Waals surface area contributed by atoms with Crippen LogP contribution in [0.5, 0.6) is 5.75 Å². The fraction of sp³-hybridized carbons (Fsp3) is 0.278. The number of para-hydroxylation sites is 1. The lowest BCUT2D eigenvalue weighted by Gasteiger charge is -2.15. The van der Waals surface area contributed by atoms with Crippen LogP contribution in [0.25, 0.3) is 0 Å². The number of benzene rings is 2. The Hall–Kier alpha value is -2.49. The number of ether oxygens (including phenoxy) is 1. The fourth-order valence-corrected chi connectivity index (χ4v) is 2.13. The van der Waals surface area contributed by atoms with Gasteiger partial charge in [-0.25, -0.2) is 0 Å². The second-order valence-electron chi connectivity index (χ2n) is 5.39. The van der Waals surface area contributed by atoms with Crippen molar-refractivity contribution in [3.63, 3.8) is 0 Å². The standard InChI is InChI=1S/C18H22N2O2/c1-13(2)22-18-10-5-4-7-15(18)12-19-16-8-6-9-17(11-16)20-14(3)21/h4-11,13,19H,12H2,1-3H3,(H,20,21). The van der Waals surface area contributed by atoms with Crippen molar-refractivity contribution in [1.29, 1.82) is 0 Å². The lowest BCUT2D eigenvalue weighted by atomic mass is 10.2. The van der Waals surface area contributed by atoms with Crippen LogP contribution in [0.15, 0.2) is 48.5 Å². The highest BCUT2D eigenvalue weighted by atomic mass is 16.5. The van der Waals surface area contributed by atoms with E-state index < -0.39 is 0 Å². The summed E-state index contributed by atoms with van der Waals surface area (Å²) in [6, 6.07) is 15.6. The second kappa shape index (κ2) is 7.50. The van der Waals surface area contributed by atoms with Gasteiger partial charge in [-0.2, -0.15) is 0 Å². The molecule has 4 nitrogen and oxygen atoms in total. The van der Waals surface area contributed by atoms with Crippen LogP contribution in [0.4, 0.5) is 11.4 Å². The minimum atomic E-state index is -0.0761. The van der Waals surface area contributed by atoms with Gasteiger partial charge in [-0.05, 0) is 38.1 Å². The number of amides is 1. The van der Waals surface area contributed by atoms with E-state index in [1.165, 1.54) is 6.92 Å². The largest absolute Gasteiger partial charge is 0.491 e. The Balaban J connectivity index is 2.05. The third-order valence-corrected chi connectivity index (χ3v) is 3.00. The van der Waals surface area contributed by atoms with E-state index in [9.17, 15) is 4.79 Å². The quantitative estimate of drug-likeness (QED) is 0.846. The Bertz CT molecular complexity index is 638. The van der Waals surface area contributed by atoms with Crippen LogP contribution in [-0.2, 0) is 11.3 Å². The number of rotatable bonds is 6. The molecule has 0 aliphatic rings. The summed E-state index contributed by atoms with van der Waals surface area (Å²) in [6.07, 6.45) is 0.143. The molecule has 2 N–H and O–H groups in total.